The molecule has 0 amide bonds. The van der Waals surface area contributed by atoms with Crippen LogP contribution in [0.4, 0.5) is 13.2 Å². The highest BCUT2D eigenvalue weighted by molar-refractivity contribution is 5.20. The summed E-state index contributed by atoms with van der Waals surface area (Å²) in [6.45, 7) is 0.398. The van der Waals surface area contributed by atoms with Gasteiger partial charge in [-0.1, -0.05) is 18.2 Å². The second-order valence-electron chi connectivity index (χ2n) is 4.89. The predicted molar refractivity (Wildman–Crippen MR) is 72.7 cm³/mol. The molecule has 0 radical (unpaired) electrons. The number of benzene rings is 2. The Labute approximate surface area is 116 Å². The van der Waals surface area contributed by atoms with E-state index in [0.29, 0.717) is 24.9 Å². The molecule has 106 valence electrons. The maximum absolute atomic E-state index is 13.2. The third-order valence-corrected chi connectivity index (χ3v) is 3.26. The fourth-order valence-corrected chi connectivity index (χ4v) is 2.24. The van der Waals surface area contributed by atoms with Gasteiger partial charge >= 0.3 is 0 Å². The van der Waals surface area contributed by atoms with E-state index < -0.39 is 11.6 Å². The minimum absolute atomic E-state index is 0.0571. The Bertz CT molecular complexity index is 584. The zero-order valence-electron chi connectivity index (χ0n) is 11.0. The van der Waals surface area contributed by atoms with Crippen molar-refractivity contribution in [1.82, 2.24) is 0 Å². The quantitative estimate of drug-likeness (QED) is 0.891. The second-order valence-corrected chi connectivity index (χ2v) is 4.89. The highest BCUT2D eigenvalue weighted by Crippen LogP contribution is 2.17. The van der Waals surface area contributed by atoms with Crippen molar-refractivity contribution in [2.75, 3.05) is 6.54 Å². The van der Waals surface area contributed by atoms with Crippen molar-refractivity contribution in [3.63, 3.8) is 0 Å². The van der Waals surface area contributed by atoms with Gasteiger partial charge < -0.3 is 5.73 Å². The molecule has 0 fully saturated rings. The third kappa shape index (κ3) is 3.84. The maximum atomic E-state index is 13.2. The number of halogens is 3. The monoisotopic (exact) mass is 279 g/mol. The molecule has 0 bridgehead atoms. The lowest BCUT2D eigenvalue weighted by molar-refractivity contribution is 0.498. The van der Waals surface area contributed by atoms with Gasteiger partial charge in [-0.15, -0.1) is 0 Å². The SMILES string of the molecule is NCC(Cc1cccc(F)c1)Cc1ccc(F)c(F)c1. The van der Waals surface area contributed by atoms with Gasteiger partial charge in [-0.05, 0) is 60.7 Å². The van der Waals surface area contributed by atoms with Crippen LogP contribution in [0.1, 0.15) is 11.1 Å². The van der Waals surface area contributed by atoms with Crippen molar-refractivity contribution in [1.29, 1.82) is 0 Å². The standard InChI is InChI=1S/C16H16F3N/c17-14-3-1-2-11(8-14)6-13(10-20)7-12-4-5-15(18)16(19)9-12/h1-5,8-9,13H,6-7,10,20H2. The van der Waals surface area contributed by atoms with Crippen molar-refractivity contribution >= 4 is 0 Å². The topological polar surface area (TPSA) is 26.0 Å². The summed E-state index contributed by atoms with van der Waals surface area (Å²) in [4.78, 5) is 0. The molecule has 0 aliphatic carbocycles. The summed E-state index contributed by atoms with van der Waals surface area (Å²) in [5.74, 6) is -1.94. The molecular weight excluding hydrogens is 263 g/mol. The maximum Gasteiger partial charge on any atom is 0.159 e. The van der Waals surface area contributed by atoms with Crippen molar-refractivity contribution in [3.8, 4) is 0 Å². The van der Waals surface area contributed by atoms with Crippen LogP contribution >= 0.6 is 0 Å². The van der Waals surface area contributed by atoms with E-state index in [4.69, 9.17) is 5.73 Å². The molecule has 4 heteroatoms. The molecule has 0 aliphatic rings. The zero-order chi connectivity index (χ0) is 14.5. The first-order chi connectivity index (χ1) is 9.58. The van der Waals surface area contributed by atoms with Crippen LogP contribution in [-0.2, 0) is 12.8 Å². The fraction of sp³-hybridized carbons (Fsp3) is 0.250. The minimum atomic E-state index is -0.858. The highest BCUT2D eigenvalue weighted by Gasteiger charge is 2.11. The molecule has 0 saturated heterocycles. The Kier molecular flexibility index (Phi) is 4.79. The molecule has 1 unspecified atom stereocenters. The fourth-order valence-electron chi connectivity index (χ4n) is 2.24. The van der Waals surface area contributed by atoms with Gasteiger partial charge in [0, 0.05) is 0 Å². The molecule has 0 heterocycles. The summed E-state index contributed by atoms with van der Waals surface area (Å²) >= 11 is 0. The van der Waals surface area contributed by atoms with Gasteiger partial charge in [-0.2, -0.15) is 0 Å². The number of nitrogens with two attached hydrogens (primary N) is 1. The molecule has 2 N–H and O–H groups in total. The van der Waals surface area contributed by atoms with Gasteiger partial charge in [-0.3, -0.25) is 0 Å². The molecular formula is C16H16F3N. The van der Waals surface area contributed by atoms with Gasteiger partial charge in [0.05, 0.1) is 0 Å². The molecule has 2 rings (SSSR count). The Balaban J connectivity index is 2.07. The number of rotatable bonds is 5. The molecule has 1 atom stereocenters. The third-order valence-electron chi connectivity index (χ3n) is 3.26. The van der Waals surface area contributed by atoms with E-state index >= 15 is 0 Å². The Morgan fingerprint density at radius 3 is 2.15 bits per heavy atom. The average molecular weight is 279 g/mol. The lowest BCUT2D eigenvalue weighted by Crippen LogP contribution is -2.19. The van der Waals surface area contributed by atoms with E-state index in [1.54, 1.807) is 12.1 Å². The van der Waals surface area contributed by atoms with Crippen molar-refractivity contribution in [3.05, 3.63) is 71.0 Å². The summed E-state index contributed by atoms with van der Waals surface area (Å²) in [5, 5.41) is 0. The van der Waals surface area contributed by atoms with Crippen LogP contribution in [0.3, 0.4) is 0 Å². The normalized spacial score (nSPS) is 12.4. The number of hydrogen-bond acceptors (Lipinski definition) is 1. The van der Waals surface area contributed by atoms with Gasteiger partial charge in [0.2, 0.25) is 0 Å². The van der Waals surface area contributed by atoms with E-state index in [-0.39, 0.29) is 11.7 Å². The summed E-state index contributed by atoms with van der Waals surface area (Å²) < 4.78 is 39.1. The molecule has 1 nitrogen and oxygen atoms in total. The summed E-state index contributed by atoms with van der Waals surface area (Å²) in [5.41, 5.74) is 7.25. The second kappa shape index (κ2) is 6.57. The highest BCUT2D eigenvalue weighted by atomic mass is 19.2. The van der Waals surface area contributed by atoms with Gasteiger partial charge in [0.25, 0.3) is 0 Å². The molecule has 0 aliphatic heterocycles. The first-order valence-corrected chi connectivity index (χ1v) is 6.47. The van der Waals surface area contributed by atoms with Gasteiger partial charge in [-0.25, -0.2) is 13.2 Å². The molecule has 0 aromatic heterocycles. The Morgan fingerprint density at radius 2 is 1.55 bits per heavy atom. The van der Waals surface area contributed by atoms with E-state index in [9.17, 15) is 13.2 Å². The van der Waals surface area contributed by atoms with Crippen LogP contribution in [0.5, 0.6) is 0 Å². The van der Waals surface area contributed by atoms with Crippen LogP contribution in [0.2, 0.25) is 0 Å². The molecule has 20 heavy (non-hydrogen) atoms. The van der Waals surface area contributed by atoms with E-state index in [1.165, 1.54) is 18.2 Å². The predicted octanol–water partition coefficient (Wildman–Crippen LogP) is 3.46. The molecule has 2 aromatic carbocycles. The van der Waals surface area contributed by atoms with Crippen LogP contribution in [0.15, 0.2) is 42.5 Å². The lowest BCUT2D eigenvalue weighted by Gasteiger charge is -2.15. The lowest BCUT2D eigenvalue weighted by atomic mass is 9.92. The van der Waals surface area contributed by atoms with Crippen LogP contribution in [0, 0.1) is 23.4 Å². The van der Waals surface area contributed by atoms with Gasteiger partial charge in [0.15, 0.2) is 11.6 Å². The minimum Gasteiger partial charge on any atom is -0.330 e. The first kappa shape index (κ1) is 14.6. The van der Waals surface area contributed by atoms with Crippen molar-refractivity contribution in [2.24, 2.45) is 11.7 Å². The smallest absolute Gasteiger partial charge is 0.159 e. The number of hydrogen-bond donors (Lipinski definition) is 1. The molecule has 0 spiro atoms. The largest absolute Gasteiger partial charge is 0.330 e. The van der Waals surface area contributed by atoms with E-state index in [0.717, 1.165) is 11.6 Å². The van der Waals surface area contributed by atoms with Gasteiger partial charge in [0.1, 0.15) is 5.82 Å². The Morgan fingerprint density at radius 1 is 0.850 bits per heavy atom. The summed E-state index contributed by atoms with van der Waals surface area (Å²) in [6.07, 6.45) is 1.14. The van der Waals surface area contributed by atoms with Crippen LogP contribution in [0.25, 0.3) is 0 Å². The Hall–Kier alpha value is -1.81. The average Bonchev–Trinajstić information content (AvgIpc) is 2.42. The first-order valence-electron chi connectivity index (χ1n) is 6.47. The van der Waals surface area contributed by atoms with Crippen LogP contribution in [-0.4, -0.2) is 6.54 Å². The molecule has 2 aromatic rings. The zero-order valence-corrected chi connectivity index (χ0v) is 11.0. The summed E-state index contributed by atoms with van der Waals surface area (Å²) in [7, 11) is 0. The van der Waals surface area contributed by atoms with E-state index in [1.807, 2.05) is 6.07 Å². The van der Waals surface area contributed by atoms with Crippen molar-refractivity contribution in [2.45, 2.75) is 12.8 Å². The van der Waals surface area contributed by atoms with Crippen LogP contribution < -0.4 is 5.73 Å². The van der Waals surface area contributed by atoms with Crippen molar-refractivity contribution < 1.29 is 13.2 Å². The molecule has 0 saturated carbocycles. The summed E-state index contributed by atoms with van der Waals surface area (Å²) in [6, 6.07) is 10.2. The van der Waals surface area contributed by atoms with E-state index in [2.05, 4.69) is 0 Å².